The number of piperidine rings is 1. The van der Waals surface area contributed by atoms with Crippen molar-refractivity contribution in [3.63, 3.8) is 0 Å². The molecule has 6 nitrogen and oxygen atoms in total. The van der Waals surface area contributed by atoms with Crippen LogP contribution in [-0.4, -0.2) is 64.5 Å². The molecule has 0 saturated carbocycles. The van der Waals surface area contributed by atoms with Gasteiger partial charge >= 0.3 is 0 Å². The summed E-state index contributed by atoms with van der Waals surface area (Å²) in [6.45, 7) is 6.78. The Morgan fingerprint density at radius 3 is 2.76 bits per heavy atom. The highest BCUT2D eigenvalue weighted by Gasteiger charge is 2.26. The summed E-state index contributed by atoms with van der Waals surface area (Å²) < 4.78 is 1.87. The third-order valence-corrected chi connectivity index (χ3v) is 4.20. The average Bonchev–Trinajstić information content (AvgIpc) is 2.96. The van der Waals surface area contributed by atoms with Crippen LogP contribution in [-0.2, 0) is 6.54 Å². The van der Waals surface area contributed by atoms with E-state index in [4.69, 9.17) is 5.73 Å². The van der Waals surface area contributed by atoms with E-state index < -0.39 is 0 Å². The van der Waals surface area contributed by atoms with E-state index >= 15 is 0 Å². The van der Waals surface area contributed by atoms with Gasteiger partial charge in [-0.05, 0) is 25.8 Å². The Bertz CT molecular complexity index is 451. The van der Waals surface area contributed by atoms with Gasteiger partial charge in [-0.2, -0.15) is 0 Å². The fourth-order valence-electron chi connectivity index (χ4n) is 2.93. The first-order valence-corrected chi connectivity index (χ1v) is 7.87. The van der Waals surface area contributed by atoms with E-state index in [0.717, 1.165) is 32.5 Å². The number of nitrogens with zero attached hydrogens (tertiary/aromatic N) is 4. The van der Waals surface area contributed by atoms with Gasteiger partial charge in [0.05, 0.1) is 6.33 Å². The molecule has 6 heteroatoms. The van der Waals surface area contributed by atoms with Gasteiger partial charge < -0.3 is 20.1 Å². The number of carbonyl (C=O) groups excluding carboxylic acids is 1. The van der Waals surface area contributed by atoms with Crippen molar-refractivity contribution in [1.29, 1.82) is 0 Å². The molecule has 0 spiro atoms. The molecule has 0 radical (unpaired) electrons. The van der Waals surface area contributed by atoms with E-state index in [2.05, 4.69) is 16.8 Å². The smallest absolute Gasteiger partial charge is 0.274 e. The van der Waals surface area contributed by atoms with Gasteiger partial charge in [-0.3, -0.25) is 4.79 Å². The van der Waals surface area contributed by atoms with Gasteiger partial charge in [-0.1, -0.05) is 6.92 Å². The minimum absolute atomic E-state index is 0.0136. The highest BCUT2D eigenvalue weighted by Crippen LogP contribution is 2.17. The maximum absolute atomic E-state index is 12.5. The van der Waals surface area contributed by atoms with Crippen molar-refractivity contribution in [3.05, 3.63) is 18.2 Å². The normalized spacial score (nSPS) is 17.1. The van der Waals surface area contributed by atoms with E-state index in [1.54, 1.807) is 12.5 Å². The van der Waals surface area contributed by atoms with Gasteiger partial charge in [0.2, 0.25) is 0 Å². The number of carbonyl (C=O) groups is 1. The molecule has 118 valence electrons. The van der Waals surface area contributed by atoms with Crippen LogP contribution in [0.4, 0.5) is 0 Å². The van der Waals surface area contributed by atoms with Crippen molar-refractivity contribution in [2.45, 2.75) is 38.8 Å². The zero-order valence-electron chi connectivity index (χ0n) is 13.2. The van der Waals surface area contributed by atoms with Crippen LogP contribution in [0.5, 0.6) is 0 Å². The Kier molecular flexibility index (Phi) is 5.76. The number of imidazole rings is 1. The van der Waals surface area contributed by atoms with Crippen LogP contribution in [0.25, 0.3) is 0 Å². The first kappa shape index (κ1) is 16.0. The molecule has 1 saturated heterocycles. The van der Waals surface area contributed by atoms with Crippen LogP contribution in [0.1, 0.15) is 36.7 Å². The predicted octanol–water partition coefficient (Wildman–Crippen LogP) is 0.788. The molecule has 0 aromatic carbocycles. The topological polar surface area (TPSA) is 67.4 Å². The quantitative estimate of drug-likeness (QED) is 0.842. The summed E-state index contributed by atoms with van der Waals surface area (Å²) in [6, 6.07) is 0.324. The monoisotopic (exact) mass is 293 g/mol. The fraction of sp³-hybridized carbons (Fsp3) is 0.733. The lowest BCUT2D eigenvalue weighted by Gasteiger charge is -2.36. The predicted molar refractivity (Wildman–Crippen MR) is 83.1 cm³/mol. The molecule has 1 fully saturated rings. The number of hydrogen-bond donors (Lipinski definition) is 1. The van der Waals surface area contributed by atoms with E-state index in [1.165, 1.54) is 6.42 Å². The molecule has 2 heterocycles. The van der Waals surface area contributed by atoms with Crippen LogP contribution < -0.4 is 5.73 Å². The van der Waals surface area contributed by atoms with Gasteiger partial charge in [0.15, 0.2) is 0 Å². The van der Waals surface area contributed by atoms with Crippen molar-refractivity contribution >= 4 is 5.91 Å². The van der Waals surface area contributed by atoms with Gasteiger partial charge in [-0.25, -0.2) is 4.98 Å². The first-order chi connectivity index (χ1) is 10.2. The molecule has 0 unspecified atom stereocenters. The number of aromatic nitrogens is 2. The zero-order chi connectivity index (χ0) is 15.2. The maximum Gasteiger partial charge on any atom is 0.274 e. The number of rotatable bonds is 6. The lowest BCUT2D eigenvalue weighted by molar-refractivity contribution is 0.0637. The molecule has 2 rings (SSSR count). The molecule has 21 heavy (non-hydrogen) atoms. The summed E-state index contributed by atoms with van der Waals surface area (Å²) in [4.78, 5) is 21.0. The van der Waals surface area contributed by atoms with Gasteiger partial charge in [0, 0.05) is 45.5 Å². The van der Waals surface area contributed by atoms with Crippen LogP contribution in [0, 0.1) is 0 Å². The second-order valence-electron chi connectivity index (χ2n) is 5.77. The minimum atomic E-state index is 0.0136. The Balaban J connectivity index is 1.90. The van der Waals surface area contributed by atoms with Crippen molar-refractivity contribution in [3.8, 4) is 0 Å². The van der Waals surface area contributed by atoms with E-state index in [9.17, 15) is 4.79 Å². The fourth-order valence-corrected chi connectivity index (χ4v) is 2.93. The summed E-state index contributed by atoms with van der Waals surface area (Å²) in [5, 5.41) is 0. The Hall–Kier alpha value is -1.40. The standard InChI is InChI=1S/C15H27N5O/c1-3-7-19-8-4-13(5-9-19)18(2)15(21)14-11-20(10-6-16)12-17-14/h11-13H,3-10,16H2,1-2H3. The molecule has 0 atom stereocenters. The molecular formula is C15H27N5O. The minimum Gasteiger partial charge on any atom is -0.337 e. The van der Waals surface area contributed by atoms with E-state index in [0.29, 0.717) is 24.8 Å². The summed E-state index contributed by atoms with van der Waals surface area (Å²) >= 11 is 0. The summed E-state index contributed by atoms with van der Waals surface area (Å²) in [7, 11) is 1.89. The van der Waals surface area contributed by atoms with Crippen LogP contribution in [0.3, 0.4) is 0 Å². The molecule has 2 N–H and O–H groups in total. The largest absolute Gasteiger partial charge is 0.337 e. The number of amides is 1. The average molecular weight is 293 g/mol. The van der Waals surface area contributed by atoms with E-state index in [-0.39, 0.29) is 5.91 Å². The van der Waals surface area contributed by atoms with Crippen LogP contribution in [0.2, 0.25) is 0 Å². The summed E-state index contributed by atoms with van der Waals surface area (Å²) in [5.41, 5.74) is 6.03. The highest BCUT2D eigenvalue weighted by atomic mass is 16.2. The van der Waals surface area contributed by atoms with Gasteiger partial charge in [-0.15, -0.1) is 0 Å². The Labute approximate surface area is 126 Å². The zero-order valence-corrected chi connectivity index (χ0v) is 13.2. The van der Waals surface area contributed by atoms with Gasteiger partial charge in [0.25, 0.3) is 5.91 Å². The second-order valence-corrected chi connectivity index (χ2v) is 5.77. The lowest BCUT2D eigenvalue weighted by Crippen LogP contribution is -2.45. The number of nitrogens with two attached hydrogens (primary N) is 1. The van der Waals surface area contributed by atoms with Crippen LogP contribution >= 0.6 is 0 Å². The van der Waals surface area contributed by atoms with Crippen molar-refractivity contribution < 1.29 is 4.79 Å². The molecule has 0 bridgehead atoms. The van der Waals surface area contributed by atoms with Crippen molar-refractivity contribution in [2.75, 3.05) is 33.2 Å². The molecule has 1 amide bonds. The molecule has 0 aliphatic carbocycles. The molecule has 1 aliphatic rings. The maximum atomic E-state index is 12.5. The van der Waals surface area contributed by atoms with Crippen molar-refractivity contribution in [2.24, 2.45) is 5.73 Å². The third kappa shape index (κ3) is 4.04. The summed E-state index contributed by atoms with van der Waals surface area (Å²) in [5.74, 6) is 0.0136. The highest BCUT2D eigenvalue weighted by molar-refractivity contribution is 5.92. The molecule has 1 aliphatic heterocycles. The first-order valence-electron chi connectivity index (χ1n) is 7.87. The molecular weight excluding hydrogens is 266 g/mol. The van der Waals surface area contributed by atoms with Gasteiger partial charge in [0.1, 0.15) is 5.69 Å². The second kappa shape index (κ2) is 7.56. The Morgan fingerprint density at radius 1 is 1.43 bits per heavy atom. The Morgan fingerprint density at radius 2 is 2.14 bits per heavy atom. The SMILES string of the molecule is CCCN1CCC(N(C)C(=O)c2cn(CCN)cn2)CC1. The summed E-state index contributed by atoms with van der Waals surface area (Å²) in [6.07, 6.45) is 6.76. The third-order valence-electron chi connectivity index (χ3n) is 4.20. The van der Waals surface area contributed by atoms with E-state index in [1.807, 2.05) is 16.5 Å². The molecule has 1 aromatic rings. The number of hydrogen-bond acceptors (Lipinski definition) is 4. The van der Waals surface area contributed by atoms with Crippen molar-refractivity contribution in [1.82, 2.24) is 19.4 Å². The van der Waals surface area contributed by atoms with Crippen LogP contribution in [0.15, 0.2) is 12.5 Å². The number of likely N-dealkylation sites (tertiary alicyclic amines) is 1. The lowest BCUT2D eigenvalue weighted by atomic mass is 10.0. The molecule has 1 aromatic heterocycles.